The minimum Gasteiger partial charge on any atom is -0.490 e. The molecule has 460 valence electrons. The molecule has 90 heavy (non-hydrogen) atoms. The molecule has 6 aliphatic rings. The number of nitrogens with zero attached hydrogens (tertiary/aromatic N) is 4. The maximum absolute atomic E-state index is 13.6. The number of para-hydroxylation sites is 8. The van der Waals surface area contributed by atoms with Gasteiger partial charge < -0.3 is 62.2 Å². The van der Waals surface area contributed by atoms with Gasteiger partial charge in [-0.2, -0.15) is 0 Å². The van der Waals surface area contributed by atoms with Crippen LogP contribution in [0.1, 0.15) is 60.3 Å². The summed E-state index contributed by atoms with van der Waals surface area (Å²) in [6, 6.07) is 66.6. The first-order chi connectivity index (χ1) is 44.1. The topological polar surface area (TPSA) is 181 Å². The number of hydrogen-bond acceptors (Lipinski definition) is 14. The lowest BCUT2D eigenvalue weighted by molar-refractivity contribution is -0.172. The molecule has 4 saturated heterocycles. The van der Waals surface area contributed by atoms with Crippen LogP contribution in [0.15, 0.2) is 218 Å². The first-order valence-corrected chi connectivity index (χ1v) is 30.2. The molecule has 6 heterocycles. The quantitative estimate of drug-likeness (QED) is 0.0983. The van der Waals surface area contributed by atoms with E-state index in [0.29, 0.717) is 105 Å². The highest BCUT2D eigenvalue weighted by molar-refractivity contribution is 5.92. The second-order valence-corrected chi connectivity index (χ2v) is 21.8. The number of fused-ring (bicyclic) bond motifs is 12. The highest BCUT2D eigenvalue weighted by atomic mass is 16.5. The van der Waals surface area contributed by atoms with Crippen molar-refractivity contribution in [2.45, 2.75) is 62.4 Å². The van der Waals surface area contributed by atoms with Gasteiger partial charge in [0.2, 0.25) is 24.4 Å². The van der Waals surface area contributed by atoms with Crippen molar-refractivity contribution in [1.82, 2.24) is 19.6 Å². The van der Waals surface area contributed by atoms with Crippen LogP contribution in [0.2, 0.25) is 0 Å². The van der Waals surface area contributed by atoms with Crippen LogP contribution in [0.5, 0.6) is 46.0 Å². The molecule has 0 radical (unpaired) electrons. The summed E-state index contributed by atoms with van der Waals surface area (Å²) < 4.78 is 54.0. The average molecular weight is 1210 g/mol. The first-order valence-electron chi connectivity index (χ1n) is 30.2. The number of β-lactam (4-membered cyclic amide) rings is 4. The summed E-state index contributed by atoms with van der Waals surface area (Å²) in [6.45, 7) is 6.17. The van der Waals surface area contributed by atoms with Gasteiger partial charge >= 0.3 is 5.97 Å². The maximum Gasteiger partial charge on any atom is 0.302 e. The minimum atomic E-state index is -0.709. The highest BCUT2D eigenvalue weighted by Gasteiger charge is 2.56. The van der Waals surface area contributed by atoms with Gasteiger partial charge in [0, 0.05) is 55.4 Å². The fourth-order valence-corrected chi connectivity index (χ4v) is 12.1. The van der Waals surface area contributed by atoms with Gasteiger partial charge in [-0.25, -0.2) is 0 Å². The van der Waals surface area contributed by atoms with Gasteiger partial charge in [0.05, 0.1) is 6.61 Å². The van der Waals surface area contributed by atoms with Crippen LogP contribution in [0.4, 0.5) is 0 Å². The lowest BCUT2D eigenvalue weighted by atomic mass is 9.88. The van der Waals surface area contributed by atoms with E-state index >= 15 is 0 Å². The number of rotatable bonds is 9. The van der Waals surface area contributed by atoms with Crippen LogP contribution in [0, 0.1) is 0 Å². The zero-order chi connectivity index (χ0) is 61.9. The predicted molar refractivity (Wildman–Crippen MR) is 331 cm³/mol. The Hall–Kier alpha value is -10.5. The van der Waals surface area contributed by atoms with Gasteiger partial charge in [-0.05, 0) is 79.7 Å². The average Bonchev–Trinajstić information content (AvgIpc) is 0.770. The van der Waals surface area contributed by atoms with Gasteiger partial charge in [0.1, 0.15) is 96.6 Å². The first kappa shape index (κ1) is 59.8. The molecular weight excluding hydrogens is 1140 g/mol. The number of esters is 1. The third-order valence-corrected chi connectivity index (χ3v) is 16.3. The molecule has 4 fully saturated rings. The molecule has 0 aromatic heterocycles. The zero-order valence-electron chi connectivity index (χ0n) is 49.8. The molecule has 14 rings (SSSR count). The van der Waals surface area contributed by atoms with Crippen molar-refractivity contribution in [3.63, 3.8) is 0 Å². The van der Waals surface area contributed by atoms with E-state index in [4.69, 9.17) is 37.9 Å². The molecule has 8 aromatic rings. The van der Waals surface area contributed by atoms with Crippen LogP contribution < -0.4 is 37.9 Å². The molecule has 18 nitrogen and oxygen atoms in total. The molecule has 18 heteroatoms. The molecule has 8 atom stereocenters. The standard InChI is InChI=1S/2C34H30N2O6.C4H8O2/c2*37-33-31(41-23-11-3-1-4-12-23)29-25-15-7-9-17-27(25)39-21-22-40-28-18-10-8-16-26(28)30-32(42-24-13-5-2-6-14-24)34(38)36(30)20-19-35(29)33;1-3-6-4(2)5/h2*1-18,29-32H,19-22H2;3H2,1-2H3/t2*29-,30-,31+,32+;/m10./s1. The lowest BCUT2D eigenvalue weighted by Crippen LogP contribution is -2.66. The molecule has 0 saturated carbocycles. The number of carbonyl (C=O) groups excluding carboxylic acids is 5. The van der Waals surface area contributed by atoms with E-state index in [0.717, 1.165) is 22.3 Å². The fraction of sp³-hybridized carbons (Fsp3) is 0.264. The van der Waals surface area contributed by atoms with Crippen molar-refractivity contribution in [3.05, 3.63) is 241 Å². The third-order valence-electron chi connectivity index (χ3n) is 16.3. The van der Waals surface area contributed by atoms with E-state index in [1.165, 1.54) is 6.92 Å². The summed E-state index contributed by atoms with van der Waals surface area (Å²) in [5, 5.41) is 0. The molecule has 0 N–H and O–H groups in total. The van der Waals surface area contributed by atoms with E-state index in [1.807, 2.05) is 218 Å². The number of amides is 4. The highest BCUT2D eigenvalue weighted by Crippen LogP contribution is 2.47. The van der Waals surface area contributed by atoms with Gasteiger partial charge in [-0.1, -0.05) is 146 Å². The molecule has 0 bridgehead atoms. The molecule has 0 aliphatic carbocycles. The summed E-state index contributed by atoms with van der Waals surface area (Å²) in [7, 11) is 0. The van der Waals surface area contributed by atoms with Crippen molar-refractivity contribution >= 4 is 29.6 Å². The number of carbonyl (C=O) groups is 5. The Morgan fingerprint density at radius 2 is 0.556 bits per heavy atom. The van der Waals surface area contributed by atoms with Gasteiger partial charge in [-0.15, -0.1) is 0 Å². The molecule has 4 amide bonds. The molecule has 0 unspecified atom stereocenters. The molecular formula is C72H68N4O14. The monoisotopic (exact) mass is 1210 g/mol. The van der Waals surface area contributed by atoms with Crippen LogP contribution in [0.25, 0.3) is 0 Å². The van der Waals surface area contributed by atoms with Gasteiger partial charge in [0.15, 0.2) is 0 Å². The zero-order valence-corrected chi connectivity index (χ0v) is 49.8. The fourth-order valence-electron chi connectivity index (χ4n) is 12.1. The van der Waals surface area contributed by atoms with E-state index < -0.39 is 24.4 Å². The van der Waals surface area contributed by atoms with E-state index in [-0.39, 0.29) is 53.8 Å². The van der Waals surface area contributed by atoms with Crippen molar-refractivity contribution in [2.24, 2.45) is 0 Å². The normalized spacial score (nSPS) is 22.2. The SMILES string of the molecule is CCOC(C)=O.O=C1[C@@H](Oc2ccccc2)[C@H]2c3ccccc3OCCOc3ccccc3[C@@H]3[C@H](Oc4ccccc4)C(=O)N3CCN12.O=C1[C@H](Oc2ccccc2)[C@@H]2c3ccccc3OCCOc3ccccc3[C@H]3[C@@H](Oc4ccccc4)C(=O)N3CCN12. The van der Waals surface area contributed by atoms with Crippen LogP contribution in [-0.4, -0.2) is 133 Å². The van der Waals surface area contributed by atoms with Crippen LogP contribution >= 0.6 is 0 Å². The van der Waals surface area contributed by atoms with Crippen molar-refractivity contribution in [2.75, 3.05) is 59.2 Å². The summed E-state index contributed by atoms with van der Waals surface area (Å²) >= 11 is 0. The van der Waals surface area contributed by atoms with Crippen molar-refractivity contribution in [3.8, 4) is 46.0 Å². The van der Waals surface area contributed by atoms with E-state index in [9.17, 15) is 24.0 Å². The predicted octanol–water partition coefficient (Wildman–Crippen LogP) is 10.2. The van der Waals surface area contributed by atoms with Crippen molar-refractivity contribution in [1.29, 1.82) is 0 Å². The largest absolute Gasteiger partial charge is 0.490 e. The Morgan fingerprint density at radius 3 is 0.756 bits per heavy atom. The summed E-state index contributed by atoms with van der Waals surface area (Å²) in [5.41, 5.74) is 3.42. The molecule has 6 aliphatic heterocycles. The molecule has 0 spiro atoms. The summed E-state index contributed by atoms with van der Waals surface area (Å²) in [5.74, 6) is 4.45. The second kappa shape index (κ2) is 27.7. The maximum atomic E-state index is 13.6. The summed E-state index contributed by atoms with van der Waals surface area (Å²) in [4.78, 5) is 71.1. The van der Waals surface area contributed by atoms with E-state index in [1.54, 1.807) is 26.5 Å². The van der Waals surface area contributed by atoms with Crippen LogP contribution in [-0.2, 0) is 28.7 Å². The molecule has 8 aromatic carbocycles. The Morgan fingerprint density at radius 1 is 0.344 bits per heavy atom. The summed E-state index contributed by atoms with van der Waals surface area (Å²) in [6.07, 6.45) is -2.84. The van der Waals surface area contributed by atoms with Gasteiger partial charge in [0.25, 0.3) is 23.6 Å². The van der Waals surface area contributed by atoms with Crippen molar-refractivity contribution < 1.29 is 66.6 Å². The van der Waals surface area contributed by atoms with E-state index in [2.05, 4.69) is 4.74 Å². The number of hydrogen-bond donors (Lipinski definition) is 0. The van der Waals surface area contributed by atoms with Gasteiger partial charge in [-0.3, -0.25) is 24.0 Å². The Kier molecular flexibility index (Phi) is 18.4. The Balaban J connectivity index is 0.000000160. The number of benzene rings is 8. The Bertz CT molecular complexity index is 3310. The smallest absolute Gasteiger partial charge is 0.302 e. The van der Waals surface area contributed by atoms with Crippen LogP contribution in [0.3, 0.4) is 0 Å². The second-order valence-electron chi connectivity index (χ2n) is 21.8. The lowest BCUT2D eigenvalue weighted by Gasteiger charge is -2.51. The number of ether oxygens (including phenoxy) is 9. The third kappa shape index (κ3) is 12.8. The minimum absolute atomic E-state index is 0.129. The Labute approximate surface area is 521 Å².